The highest BCUT2D eigenvalue weighted by Crippen LogP contribution is 2.32. The summed E-state index contributed by atoms with van der Waals surface area (Å²) in [4.78, 5) is 14.5. The maximum atomic E-state index is 12.9. The summed E-state index contributed by atoms with van der Waals surface area (Å²) in [6.07, 6.45) is -7.75. The molecule has 0 aliphatic carbocycles. The van der Waals surface area contributed by atoms with Crippen LogP contribution in [-0.2, 0) is 19.6 Å². The first-order valence-electron chi connectivity index (χ1n) is 11.1. The first-order chi connectivity index (χ1) is 17.9. The fourth-order valence-corrected chi connectivity index (χ4v) is 3.76. The van der Waals surface area contributed by atoms with E-state index in [0.717, 1.165) is 5.52 Å². The minimum absolute atomic E-state index is 0.0508. The molecule has 0 bridgehead atoms. The number of pyridine rings is 1. The molecule has 5 aromatic rings. The Labute approximate surface area is 211 Å². The summed E-state index contributed by atoms with van der Waals surface area (Å²) in [6, 6.07) is 14.1. The zero-order chi connectivity index (χ0) is 27.1. The van der Waals surface area contributed by atoms with Gasteiger partial charge >= 0.3 is 12.4 Å². The Morgan fingerprint density at radius 3 is 2.34 bits per heavy atom. The summed E-state index contributed by atoms with van der Waals surface area (Å²) in [5, 5.41) is 3.09. The van der Waals surface area contributed by atoms with Gasteiger partial charge in [-0.15, -0.1) is 0 Å². The molecule has 3 heterocycles. The lowest BCUT2D eigenvalue weighted by Crippen LogP contribution is -2.11. The van der Waals surface area contributed by atoms with Crippen LogP contribution < -0.4 is 10.1 Å². The third kappa shape index (κ3) is 5.56. The zero-order valence-electron chi connectivity index (χ0n) is 19.5. The molecular weight excluding hydrogens is 514 g/mol. The fourth-order valence-electron chi connectivity index (χ4n) is 3.76. The molecule has 0 saturated carbocycles. The van der Waals surface area contributed by atoms with Crippen LogP contribution in [0.4, 0.5) is 38.0 Å². The van der Waals surface area contributed by atoms with Crippen LogP contribution in [0.25, 0.3) is 22.6 Å². The third-order valence-corrected chi connectivity index (χ3v) is 5.56. The number of hydrogen-bond acceptors (Lipinski definition) is 5. The monoisotopic (exact) mass is 532 g/mol. The predicted molar refractivity (Wildman–Crippen MR) is 127 cm³/mol. The van der Waals surface area contributed by atoms with Crippen LogP contribution in [0.2, 0.25) is 0 Å². The molecule has 196 valence electrons. The second-order valence-corrected chi connectivity index (χ2v) is 8.38. The second kappa shape index (κ2) is 9.39. The van der Waals surface area contributed by atoms with E-state index in [4.69, 9.17) is 4.74 Å². The largest absolute Gasteiger partial charge is 0.457 e. The van der Waals surface area contributed by atoms with Gasteiger partial charge in [0.25, 0.3) is 0 Å². The molecule has 0 fully saturated rings. The number of aromatic nitrogens is 5. The van der Waals surface area contributed by atoms with Gasteiger partial charge in [-0.1, -0.05) is 12.1 Å². The molecule has 0 aliphatic rings. The highest BCUT2D eigenvalue weighted by atomic mass is 19.4. The lowest BCUT2D eigenvalue weighted by molar-refractivity contribution is -0.140. The Bertz CT molecular complexity index is 1590. The Morgan fingerprint density at radius 2 is 1.66 bits per heavy atom. The SMILES string of the molecule is Cn1c(Nc2ccc(CC(F)(F)F)cc2)nc2cc(Oc3ccnc(-c4ncc(C(F)(F)F)[nH]4)c3)ccc21. The zero-order valence-corrected chi connectivity index (χ0v) is 19.5. The van der Waals surface area contributed by atoms with Gasteiger partial charge < -0.3 is 19.6 Å². The van der Waals surface area contributed by atoms with Gasteiger partial charge in [0.1, 0.15) is 22.9 Å². The summed E-state index contributed by atoms with van der Waals surface area (Å²) < 4.78 is 84.0. The molecule has 5 rings (SSSR count). The Hall–Kier alpha value is -4.55. The number of H-pyrrole nitrogens is 1. The number of nitrogens with one attached hydrogen (secondary N) is 2. The maximum absolute atomic E-state index is 12.9. The molecule has 0 unspecified atom stereocenters. The number of alkyl halides is 6. The van der Waals surface area contributed by atoms with Gasteiger partial charge in [-0.25, -0.2) is 9.97 Å². The minimum Gasteiger partial charge on any atom is -0.457 e. The van der Waals surface area contributed by atoms with Gasteiger partial charge in [-0.2, -0.15) is 26.3 Å². The lowest BCUT2D eigenvalue weighted by atomic mass is 10.1. The molecule has 13 heteroatoms. The summed E-state index contributed by atoms with van der Waals surface area (Å²) in [5.41, 5.74) is 1.26. The number of fused-ring (bicyclic) bond motifs is 1. The lowest BCUT2D eigenvalue weighted by Gasteiger charge is -2.09. The number of nitrogens with zero attached hydrogens (tertiary/aromatic N) is 4. The minimum atomic E-state index is -4.55. The number of imidazole rings is 2. The molecule has 0 spiro atoms. The highest BCUT2D eigenvalue weighted by Gasteiger charge is 2.33. The van der Waals surface area contributed by atoms with Crippen LogP contribution in [0, 0.1) is 0 Å². The van der Waals surface area contributed by atoms with Crippen molar-refractivity contribution in [1.82, 2.24) is 24.5 Å². The van der Waals surface area contributed by atoms with E-state index in [2.05, 4.69) is 25.3 Å². The molecule has 0 aliphatic heterocycles. The van der Waals surface area contributed by atoms with Crippen molar-refractivity contribution in [3.8, 4) is 23.0 Å². The van der Waals surface area contributed by atoms with Crippen molar-refractivity contribution < 1.29 is 31.1 Å². The first kappa shape index (κ1) is 25.1. The number of anilines is 2. The van der Waals surface area contributed by atoms with Crippen LogP contribution in [0.1, 0.15) is 11.3 Å². The molecule has 0 amide bonds. The molecule has 3 aromatic heterocycles. The number of aromatic amines is 1. The Kier molecular flexibility index (Phi) is 6.21. The Balaban J connectivity index is 1.33. The standard InChI is InChI=1S/C25H18F6N6O/c1-37-20-7-6-16(38-17-8-9-32-19(11-17)22-33-13-21(36-22)25(29,30)31)10-18(20)35-23(37)34-15-4-2-14(3-5-15)12-24(26,27)28/h2-11,13H,12H2,1H3,(H,33,36)(H,34,35). The average molecular weight is 532 g/mol. The van der Waals surface area contributed by atoms with Gasteiger partial charge in [0.05, 0.1) is 23.7 Å². The molecule has 38 heavy (non-hydrogen) atoms. The topological polar surface area (TPSA) is 80.7 Å². The van der Waals surface area contributed by atoms with E-state index in [1.54, 1.807) is 48.0 Å². The van der Waals surface area contributed by atoms with Gasteiger partial charge in [0.15, 0.2) is 5.82 Å². The fraction of sp³-hybridized carbons (Fsp3) is 0.160. The first-order valence-corrected chi connectivity index (χ1v) is 11.1. The van der Waals surface area contributed by atoms with Crippen molar-refractivity contribution in [3.05, 3.63) is 78.2 Å². The number of aryl methyl sites for hydroxylation is 1. The quantitative estimate of drug-likeness (QED) is 0.230. The van der Waals surface area contributed by atoms with Gasteiger partial charge in [-0.3, -0.25) is 4.98 Å². The van der Waals surface area contributed by atoms with E-state index < -0.39 is 24.5 Å². The molecule has 2 N–H and O–H groups in total. The van der Waals surface area contributed by atoms with Crippen molar-refractivity contribution in [3.63, 3.8) is 0 Å². The smallest absolute Gasteiger partial charge is 0.432 e. The average Bonchev–Trinajstić information content (AvgIpc) is 3.45. The molecule has 0 atom stereocenters. The summed E-state index contributed by atoms with van der Waals surface area (Å²) in [6.45, 7) is 0. The van der Waals surface area contributed by atoms with Gasteiger partial charge in [0.2, 0.25) is 5.95 Å². The number of halogens is 6. The summed E-state index contributed by atoms with van der Waals surface area (Å²) in [5.74, 6) is 1.16. The van der Waals surface area contributed by atoms with Crippen molar-refractivity contribution in [2.75, 3.05) is 5.32 Å². The van der Waals surface area contributed by atoms with Gasteiger partial charge in [0, 0.05) is 31.1 Å². The Morgan fingerprint density at radius 1 is 0.921 bits per heavy atom. The van der Waals surface area contributed by atoms with Crippen LogP contribution in [0.3, 0.4) is 0 Å². The predicted octanol–water partition coefficient (Wildman–Crippen LogP) is 7.02. The maximum Gasteiger partial charge on any atom is 0.432 e. The molecular formula is C25H18F6N6O. The number of ether oxygens (including phenoxy) is 1. The molecule has 0 saturated heterocycles. The van der Waals surface area contributed by atoms with Crippen molar-refractivity contribution in [1.29, 1.82) is 0 Å². The van der Waals surface area contributed by atoms with E-state index >= 15 is 0 Å². The van der Waals surface area contributed by atoms with Gasteiger partial charge in [-0.05, 0) is 35.9 Å². The molecule has 2 aromatic carbocycles. The van der Waals surface area contributed by atoms with Crippen molar-refractivity contribution >= 4 is 22.7 Å². The van der Waals surface area contributed by atoms with Crippen LogP contribution in [-0.4, -0.2) is 30.7 Å². The van der Waals surface area contributed by atoms with E-state index in [0.29, 0.717) is 34.8 Å². The van der Waals surface area contributed by atoms with E-state index in [-0.39, 0.29) is 17.1 Å². The number of hydrogen-bond donors (Lipinski definition) is 2. The third-order valence-electron chi connectivity index (χ3n) is 5.56. The van der Waals surface area contributed by atoms with Crippen LogP contribution in [0.15, 0.2) is 67.0 Å². The van der Waals surface area contributed by atoms with Crippen LogP contribution in [0.5, 0.6) is 11.5 Å². The second-order valence-electron chi connectivity index (χ2n) is 8.38. The van der Waals surface area contributed by atoms with E-state index in [1.807, 2.05) is 0 Å². The van der Waals surface area contributed by atoms with Crippen LogP contribution >= 0.6 is 0 Å². The number of benzene rings is 2. The molecule has 0 radical (unpaired) electrons. The summed E-state index contributed by atoms with van der Waals surface area (Å²) in [7, 11) is 1.78. The van der Waals surface area contributed by atoms with E-state index in [9.17, 15) is 26.3 Å². The highest BCUT2D eigenvalue weighted by molar-refractivity contribution is 5.81. The van der Waals surface area contributed by atoms with Crippen molar-refractivity contribution in [2.45, 2.75) is 18.8 Å². The van der Waals surface area contributed by atoms with E-state index in [1.165, 1.54) is 24.4 Å². The normalized spacial score (nSPS) is 12.2. The van der Waals surface area contributed by atoms with Crippen molar-refractivity contribution in [2.24, 2.45) is 7.05 Å². The molecule has 7 nitrogen and oxygen atoms in total. The number of rotatable bonds is 6. The summed E-state index contributed by atoms with van der Waals surface area (Å²) >= 11 is 0.